The van der Waals surface area contributed by atoms with Gasteiger partial charge in [-0.25, -0.2) is 16.8 Å². The molecule has 2 aromatic carbocycles. The van der Waals surface area contributed by atoms with Gasteiger partial charge in [0.15, 0.2) is 9.84 Å². The number of hydrogen-bond acceptors (Lipinski definition) is 7. The molecule has 13 heteroatoms. The van der Waals surface area contributed by atoms with Crippen molar-refractivity contribution in [1.29, 1.82) is 0 Å². The lowest BCUT2D eigenvalue weighted by atomic mass is 10.2. The van der Waals surface area contributed by atoms with E-state index in [0.717, 1.165) is 29.7 Å². The minimum atomic E-state index is -4.94. The van der Waals surface area contributed by atoms with Crippen LogP contribution in [0, 0.1) is 0 Å². The molecule has 206 valence electrons. The number of benzene rings is 2. The van der Waals surface area contributed by atoms with Gasteiger partial charge in [0.2, 0.25) is 10.0 Å². The van der Waals surface area contributed by atoms with Gasteiger partial charge in [0.05, 0.1) is 15.4 Å². The van der Waals surface area contributed by atoms with Crippen LogP contribution in [0.5, 0.6) is 0 Å². The third kappa shape index (κ3) is 7.43. The van der Waals surface area contributed by atoms with E-state index in [1.54, 1.807) is 45.0 Å². The first kappa shape index (κ1) is 29.8. The molecule has 0 atom stereocenters. The van der Waals surface area contributed by atoms with Gasteiger partial charge >= 0.3 is 12.1 Å². The van der Waals surface area contributed by atoms with E-state index in [0.29, 0.717) is 25.7 Å². The number of thiophene rings is 1. The lowest BCUT2D eigenvalue weighted by Gasteiger charge is -2.25. The smallest absolute Gasteiger partial charge is 0.417 e. The van der Waals surface area contributed by atoms with E-state index in [9.17, 15) is 34.8 Å². The molecule has 0 aliphatic carbocycles. The second-order valence-corrected chi connectivity index (χ2v) is 14.5. The van der Waals surface area contributed by atoms with Gasteiger partial charge in [-0.15, -0.1) is 11.3 Å². The summed E-state index contributed by atoms with van der Waals surface area (Å²) in [6.07, 6.45) is -3.87. The van der Waals surface area contributed by atoms with Crippen molar-refractivity contribution in [3.63, 3.8) is 0 Å². The van der Waals surface area contributed by atoms with Gasteiger partial charge in [-0.05, 0) is 62.7 Å². The molecule has 0 aliphatic heterocycles. The number of ether oxygens (including phenoxy) is 1. The highest BCUT2D eigenvalue weighted by molar-refractivity contribution is 7.90. The molecule has 0 spiro atoms. The second kappa shape index (κ2) is 10.8. The summed E-state index contributed by atoms with van der Waals surface area (Å²) in [6.45, 7) is 3.52. The van der Waals surface area contributed by atoms with Crippen LogP contribution in [0.4, 0.5) is 13.2 Å². The van der Waals surface area contributed by atoms with Crippen molar-refractivity contribution in [2.45, 2.75) is 48.9 Å². The van der Waals surface area contributed by atoms with E-state index in [1.807, 2.05) is 0 Å². The van der Waals surface area contributed by atoms with Crippen molar-refractivity contribution < 1.29 is 39.5 Å². The van der Waals surface area contributed by atoms with Crippen molar-refractivity contribution in [1.82, 2.24) is 4.31 Å². The van der Waals surface area contributed by atoms with Gasteiger partial charge in [0, 0.05) is 22.6 Å². The molecule has 0 amide bonds. The van der Waals surface area contributed by atoms with Crippen molar-refractivity contribution >= 4 is 37.2 Å². The minimum Gasteiger partial charge on any atom is -0.459 e. The summed E-state index contributed by atoms with van der Waals surface area (Å²) >= 11 is 1.12. The number of sulfone groups is 1. The van der Waals surface area contributed by atoms with Crippen LogP contribution < -0.4 is 0 Å². The molecule has 1 aromatic heterocycles. The van der Waals surface area contributed by atoms with Crippen molar-refractivity contribution in [3.8, 4) is 10.4 Å². The lowest BCUT2D eigenvalue weighted by molar-refractivity contribution is -0.155. The Morgan fingerprint density at radius 2 is 1.61 bits per heavy atom. The number of carbonyl (C=O) groups excluding carboxylic acids is 1. The molecule has 0 N–H and O–H groups in total. The highest BCUT2D eigenvalue weighted by Crippen LogP contribution is 2.36. The van der Waals surface area contributed by atoms with Crippen LogP contribution in [0.2, 0.25) is 0 Å². The topological polar surface area (TPSA) is 97.8 Å². The standard InChI is InChI=1S/C25H26F3NO6S3/c1-24(2,3)35-23(30)16-29(38(33,34)22-11-6-5-10-20(22)25(26,27)28)15-18-12-13-21(36-18)17-8-7-9-19(14-17)37(4,31)32/h5-14H,15-16H2,1-4H3. The first-order valence-corrected chi connectivity index (χ1v) is 15.3. The van der Waals surface area contributed by atoms with Crippen molar-refractivity contribution in [2.24, 2.45) is 0 Å². The summed E-state index contributed by atoms with van der Waals surface area (Å²) < 4.78 is 97.6. The number of carbonyl (C=O) groups is 1. The predicted octanol–water partition coefficient (Wildman–Crippen LogP) is 5.37. The Labute approximate surface area is 223 Å². The zero-order valence-corrected chi connectivity index (χ0v) is 23.4. The molecule has 0 unspecified atom stereocenters. The largest absolute Gasteiger partial charge is 0.459 e. The average Bonchev–Trinajstić information content (AvgIpc) is 3.25. The van der Waals surface area contributed by atoms with Crippen LogP contribution in [-0.4, -0.2) is 45.5 Å². The summed E-state index contributed by atoms with van der Waals surface area (Å²) in [5.41, 5.74) is -1.73. The van der Waals surface area contributed by atoms with Gasteiger partial charge in [0.1, 0.15) is 12.1 Å². The fraction of sp³-hybridized carbons (Fsp3) is 0.320. The summed E-state index contributed by atoms with van der Waals surface area (Å²) in [5, 5.41) is 0. The first-order chi connectivity index (χ1) is 17.4. The van der Waals surface area contributed by atoms with Gasteiger partial charge < -0.3 is 4.74 Å². The Bertz CT molecular complexity index is 1540. The van der Waals surface area contributed by atoms with Crippen LogP contribution in [-0.2, 0) is 42.1 Å². The lowest BCUT2D eigenvalue weighted by Crippen LogP contribution is -2.38. The van der Waals surface area contributed by atoms with Crippen molar-refractivity contribution in [3.05, 3.63) is 71.1 Å². The van der Waals surface area contributed by atoms with Crippen LogP contribution >= 0.6 is 11.3 Å². The maximum Gasteiger partial charge on any atom is 0.417 e. The first-order valence-electron chi connectivity index (χ1n) is 11.2. The van der Waals surface area contributed by atoms with E-state index in [2.05, 4.69) is 0 Å². The Balaban J connectivity index is 2.02. The summed E-state index contributed by atoms with van der Waals surface area (Å²) in [5.74, 6) is -0.928. The molecule has 3 rings (SSSR count). The van der Waals surface area contributed by atoms with Crippen LogP contribution in [0.25, 0.3) is 10.4 Å². The summed E-state index contributed by atoms with van der Waals surface area (Å²) in [6, 6.07) is 13.1. The monoisotopic (exact) mass is 589 g/mol. The molecule has 0 bridgehead atoms. The SMILES string of the molecule is CC(C)(C)OC(=O)CN(Cc1ccc(-c2cccc(S(C)(=O)=O)c2)s1)S(=O)(=O)c1ccccc1C(F)(F)F. The number of hydrogen-bond donors (Lipinski definition) is 0. The van der Waals surface area contributed by atoms with E-state index in [-0.39, 0.29) is 4.90 Å². The van der Waals surface area contributed by atoms with Crippen LogP contribution in [0.3, 0.4) is 0 Å². The van der Waals surface area contributed by atoms with E-state index < -0.39 is 61.2 Å². The zero-order valence-electron chi connectivity index (χ0n) is 20.9. The molecule has 1 heterocycles. The highest BCUT2D eigenvalue weighted by atomic mass is 32.2. The third-order valence-electron chi connectivity index (χ3n) is 5.08. The second-order valence-electron chi connectivity index (χ2n) is 9.42. The van der Waals surface area contributed by atoms with Gasteiger partial charge in [0.25, 0.3) is 0 Å². The molecule has 0 radical (unpaired) electrons. The third-order valence-corrected chi connectivity index (χ3v) is 9.16. The number of rotatable bonds is 8. The Hall–Kier alpha value is -2.74. The summed E-state index contributed by atoms with van der Waals surface area (Å²) in [4.78, 5) is 12.7. The zero-order chi connectivity index (χ0) is 28.5. The molecule has 3 aromatic rings. The summed E-state index contributed by atoms with van der Waals surface area (Å²) in [7, 11) is -8.27. The average molecular weight is 590 g/mol. The van der Waals surface area contributed by atoms with E-state index >= 15 is 0 Å². The molecule has 0 fully saturated rings. The quantitative estimate of drug-likeness (QED) is 0.328. The van der Waals surface area contributed by atoms with E-state index in [4.69, 9.17) is 4.74 Å². The molecule has 0 saturated carbocycles. The fourth-order valence-corrected chi connectivity index (χ4v) is 6.82. The number of esters is 1. The maximum absolute atomic E-state index is 13.6. The number of nitrogens with zero attached hydrogens (tertiary/aromatic N) is 1. The Morgan fingerprint density at radius 1 is 0.947 bits per heavy atom. The Morgan fingerprint density at radius 3 is 2.21 bits per heavy atom. The van der Waals surface area contributed by atoms with Gasteiger partial charge in [-0.1, -0.05) is 24.3 Å². The van der Waals surface area contributed by atoms with Crippen molar-refractivity contribution in [2.75, 3.05) is 12.8 Å². The molecule has 38 heavy (non-hydrogen) atoms. The van der Waals surface area contributed by atoms with Crippen LogP contribution in [0.1, 0.15) is 31.2 Å². The van der Waals surface area contributed by atoms with Crippen LogP contribution in [0.15, 0.2) is 70.5 Å². The molecular formula is C25H26F3NO6S3. The maximum atomic E-state index is 13.6. The number of sulfonamides is 1. The molecule has 7 nitrogen and oxygen atoms in total. The normalized spacial score (nSPS) is 13.1. The minimum absolute atomic E-state index is 0.0998. The number of halogens is 3. The number of alkyl halides is 3. The molecular weight excluding hydrogens is 563 g/mol. The van der Waals surface area contributed by atoms with Gasteiger partial charge in [-0.2, -0.15) is 17.5 Å². The van der Waals surface area contributed by atoms with Gasteiger partial charge in [-0.3, -0.25) is 4.79 Å². The fourth-order valence-electron chi connectivity index (χ4n) is 3.48. The molecule has 0 aliphatic rings. The highest BCUT2D eigenvalue weighted by Gasteiger charge is 2.39. The van der Waals surface area contributed by atoms with E-state index in [1.165, 1.54) is 18.2 Å². The molecule has 0 saturated heterocycles. The predicted molar refractivity (Wildman–Crippen MR) is 138 cm³/mol. The Kier molecular flexibility index (Phi) is 8.47.